The van der Waals surface area contributed by atoms with Crippen molar-refractivity contribution in [3.05, 3.63) is 29.8 Å². The van der Waals surface area contributed by atoms with Crippen LogP contribution in [-0.4, -0.2) is 23.6 Å². The van der Waals surface area contributed by atoms with E-state index in [9.17, 15) is 19.2 Å². The highest BCUT2D eigenvalue weighted by molar-refractivity contribution is 6.34. The van der Waals surface area contributed by atoms with Crippen molar-refractivity contribution in [2.24, 2.45) is 5.92 Å². The summed E-state index contributed by atoms with van der Waals surface area (Å²) in [4.78, 5) is 47.7. The summed E-state index contributed by atoms with van der Waals surface area (Å²) in [6.07, 6.45) is 0.828. The number of ketones is 1. The number of carbonyl (C=O) groups is 4. The fraction of sp³-hybridized carbons (Fsp3) is 0.286. The number of nitrogens with zero attached hydrogens (tertiary/aromatic N) is 1. The van der Waals surface area contributed by atoms with Crippen molar-refractivity contribution in [3.8, 4) is 0 Å². The van der Waals surface area contributed by atoms with Crippen LogP contribution in [0.2, 0.25) is 0 Å². The molecule has 1 heterocycles. The summed E-state index contributed by atoms with van der Waals surface area (Å²) in [5.74, 6) is -3.72. The number of barbiturate groups is 1. The number of rotatable bonds is 3. The molecule has 104 valence electrons. The minimum absolute atomic E-state index is 0.337. The van der Waals surface area contributed by atoms with E-state index in [0.717, 1.165) is 23.8 Å². The molecule has 1 aromatic carbocycles. The summed E-state index contributed by atoms with van der Waals surface area (Å²) < 4.78 is 0. The third-order valence-corrected chi connectivity index (χ3v) is 3.17. The van der Waals surface area contributed by atoms with Crippen LogP contribution in [0.1, 0.15) is 19.4 Å². The van der Waals surface area contributed by atoms with Crippen molar-refractivity contribution < 1.29 is 19.2 Å². The van der Waals surface area contributed by atoms with Gasteiger partial charge in [-0.15, -0.1) is 0 Å². The van der Waals surface area contributed by atoms with Crippen molar-refractivity contribution in [1.29, 1.82) is 0 Å². The minimum atomic E-state index is -1.46. The summed E-state index contributed by atoms with van der Waals surface area (Å²) >= 11 is 0. The highest BCUT2D eigenvalue weighted by Gasteiger charge is 2.43. The topological polar surface area (TPSA) is 83.6 Å². The quantitative estimate of drug-likeness (QED) is 0.835. The summed E-state index contributed by atoms with van der Waals surface area (Å²) in [5.41, 5.74) is 1.39. The minimum Gasteiger partial charge on any atom is -0.299 e. The lowest BCUT2D eigenvalue weighted by Crippen LogP contribution is -2.59. The van der Waals surface area contributed by atoms with Crippen LogP contribution >= 0.6 is 0 Å². The summed E-state index contributed by atoms with van der Waals surface area (Å²) in [5, 5.41) is 2.02. The Kier molecular flexibility index (Phi) is 3.65. The fourth-order valence-corrected chi connectivity index (χ4v) is 2.06. The van der Waals surface area contributed by atoms with Gasteiger partial charge in [0.25, 0.3) is 5.91 Å². The van der Waals surface area contributed by atoms with Gasteiger partial charge in [0, 0.05) is 0 Å². The van der Waals surface area contributed by atoms with E-state index < -0.39 is 29.5 Å². The largest absolute Gasteiger partial charge is 0.335 e. The normalized spacial score (nSPS) is 19.0. The molecule has 0 aromatic heterocycles. The molecule has 0 aliphatic carbocycles. The van der Waals surface area contributed by atoms with Gasteiger partial charge >= 0.3 is 6.03 Å². The number of anilines is 1. The van der Waals surface area contributed by atoms with E-state index in [1.54, 1.807) is 24.3 Å². The summed E-state index contributed by atoms with van der Waals surface area (Å²) in [7, 11) is 0. The Morgan fingerprint density at radius 3 is 2.30 bits per heavy atom. The molecule has 6 heteroatoms. The van der Waals surface area contributed by atoms with E-state index >= 15 is 0 Å². The zero-order valence-electron chi connectivity index (χ0n) is 11.2. The molecule has 20 heavy (non-hydrogen) atoms. The first-order valence-corrected chi connectivity index (χ1v) is 6.24. The third-order valence-electron chi connectivity index (χ3n) is 3.17. The number of urea groups is 1. The maximum Gasteiger partial charge on any atom is 0.335 e. The van der Waals surface area contributed by atoms with E-state index in [2.05, 4.69) is 0 Å². The van der Waals surface area contributed by atoms with E-state index in [1.807, 2.05) is 12.2 Å². The Morgan fingerprint density at radius 1 is 1.20 bits per heavy atom. The Hall–Kier alpha value is -2.50. The molecule has 1 atom stereocenters. The molecule has 0 bridgehead atoms. The van der Waals surface area contributed by atoms with E-state index in [1.165, 1.54) is 0 Å². The molecule has 4 amide bonds. The number of imide groups is 2. The van der Waals surface area contributed by atoms with Crippen molar-refractivity contribution in [1.82, 2.24) is 5.32 Å². The molecule has 0 saturated carbocycles. The molecule has 0 radical (unpaired) electrons. The number of aryl methyl sites for hydroxylation is 1. The van der Waals surface area contributed by atoms with Crippen LogP contribution in [-0.2, 0) is 20.8 Å². The smallest absolute Gasteiger partial charge is 0.299 e. The number of hydrogen-bond acceptors (Lipinski definition) is 4. The zero-order chi connectivity index (χ0) is 14.9. The van der Waals surface area contributed by atoms with Gasteiger partial charge in [-0.05, 0) is 31.0 Å². The maximum atomic E-state index is 12.2. The number of amides is 4. The van der Waals surface area contributed by atoms with Crippen molar-refractivity contribution in [3.63, 3.8) is 0 Å². The molecule has 1 aliphatic rings. The first kappa shape index (κ1) is 13.9. The lowest BCUT2D eigenvalue weighted by Gasteiger charge is -2.28. The molecule has 1 fully saturated rings. The number of Topliss-reactive ketones (excluding diaryl/α,β-unsaturated/α-hetero) is 1. The second-order valence-electron chi connectivity index (χ2n) is 4.53. The molecule has 0 spiro atoms. The van der Waals surface area contributed by atoms with Gasteiger partial charge in [-0.3, -0.25) is 19.7 Å². The fourth-order valence-electron chi connectivity index (χ4n) is 2.06. The van der Waals surface area contributed by atoms with Crippen LogP contribution in [0, 0.1) is 5.92 Å². The number of benzene rings is 1. The third kappa shape index (κ3) is 2.32. The number of hydrogen-bond donors (Lipinski definition) is 1. The van der Waals surface area contributed by atoms with Crippen molar-refractivity contribution in [2.75, 3.05) is 4.90 Å². The molecule has 1 saturated heterocycles. The van der Waals surface area contributed by atoms with Crippen LogP contribution in [0.15, 0.2) is 24.3 Å². The van der Waals surface area contributed by atoms with Gasteiger partial charge in [-0.1, -0.05) is 19.1 Å². The average Bonchev–Trinajstić information content (AvgIpc) is 2.38. The first-order chi connectivity index (χ1) is 9.45. The SMILES string of the molecule is CCc1ccc(N2C(=O)NC(=O)C(C(C)=O)C2=O)cc1. The van der Waals surface area contributed by atoms with Gasteiger partial charge in [0.15, 0.2) is 11.7 Å². The predicted molar refractivity (Wildman–Crippen MR) is 71.0 cm³/mol. The van der Waals surface area contributed by atoms with E-state index in [0.29, 0.717) is 5.69 Å². The van der Waals surface area contributed by atoms with Gasteiger partial charge in [0.2, 0.25) is 5.91 Å². The summed E-state index contributed by atoms with van der Waals surface area (Å²) in [6.45, 7) is 3.13. The standard InChI is InChI=1S/C14H14N2O4/c1-3-9-4-6-10(7-5-9)16-13(19)11(8(2)17)12(18)15-14(16)20/h4-7,11H,3H2,1-2H3,(H,15,18,20). The first-order valence-electron chi connectivity index (χ1n) is 6.24. The van der Waals surface area contributed by atoms with Crippen molar-refractivity contribution >= 4 is 29.3 Å². The zero-order valence-corrected chi connectivity index (χ0v) is 11.2. The predicted octanol–water partition coefficient (Wildman–Crippen LogP) is 1.04. The van der Waals surface area contributed by atoms with Crippen LogP contribution in [0.3, 0.4) is 0 Å². The molecule has 1 N–H and O–H groups in total. The highest BCUT2D eigenvalue weighted by atomic mass is 16.2. The Bertz CT molecular complexity index is 592. The molecule has 1 unspecified atom stereocenters. The average molecular weight is 274 g/mol. The van der Waals surface area contributed by atoms with Crippen LogP contribution in [0.4, 0.5) is 10.5 Å². The van der Waals surface area contributed by atoms with Gasteiger partial charge in [0.1, 0.15) is 0 Å². The monoisotopic (exact) mass is 274 g/mol. The van der Waals surface area contributed by atoms with Gasteiger partial charge < -0.3 is 0 Å². The van der Waals surface area contributed by atoms with E-state index in [-0.39, 0.29) is 0 Å². The maximum absolute atomic E-state index is 12.2. The van der Waals surface area contributed by atoms with Crippen LogP contribution < -0.4 is 10.2 Å². The second kappa shape index (κ2) is 5.24. The van der Waals surface area contributed by atoms with Crippen LogP contribution in [0.5, 0.6) is 0 Å². The lowest BCUT2D eigenvalue weighted by molar-refractivity contribution is -0.140. The van der Waals surface area contributed by atoms with Gasteiger partial charge in [0.05, 0.1) is 5.69 Å². The molecular formula is C14H14N2O4. The van der Waals surface area contributed by atoms with Gasteiger partial charge in [-0.25, -0.2) is 9.69 Å². The second-order valence-corrected chi connectivity index (χ2v) is 4.53. The lowest BCUT2D eigenvalue weighted by atomic mass is 10.00. The molecule has 1 aliphatic heterocycles. The van der Waals surface area contributed by atoms with Gasteiger partial charge in [-0.2, -0.15) is 0 Å². The Labute approximate surface area is 115 Å². The Morgan fingerprint density at radius 2 is 1.80 bits per heavy atom. The Balaban J connectivity index is 2.38. The molecular weight excluding hydrogens is 260 g/mol. The highest BCUT2D eigenvalue weighted by Crippen LogP contribution is 2.21. The molecule has 1 aromatic rings. The number of carbonyl (C=O) groups excluding carboxylic acids is 4. The summed E-state index contributed by atoms with van der Waals surface area (Å²) in [6, 6.07) is 5.97. The number of nitrogens with one attached hydrogen (secondary N) is 1. The van der Waals surface area contributed by atoms with Crippen molar-refractivity contribution in [2.45, 2.75) is 20.3 Å². The van der Waals surface area contributed by atoms with E-state index in [4.69, 9.17) is 0 Å². The molecule has 6 nitrogen and oxygen atoms in total. The molecule has 2 rings (SSSR count). The van der Waals surface area contributed by atoms with Crippen LogP contribution in [0.25, 0.3) is 0 Å².